The zero-order chi connectivity index (χ0) is 16.4. The highest BCUT2D eigenvalue weighted by Gasteiger charge is 2.34. The number of nitro benzene ring substituents is 1. The van der Waals surface area contributed by atoms with E-state index in [4.69, 9.17) is 0 Å². The molecule has 8 nitrogen and oxygen atoms in total. The highest BCUT2D eigenvalue weighted by molar-refractivity contribution is 7.89. The summed E-state index contributed by atoms with van der Waals surface area (Å²) in [4.78, 5) is 10.2. The third-order valence-electron chi connectivity index (χ3n) is 3.33. The maximum Gasteiger partial charge on any atom is 0.292 e. The first-order valence-corrected chi connectivity index (χ1v) is 7.58. The second kappa shape index (κ2) is 5.96. The topological polar surface area (TPSA) is 113 Å². The van der Waals surface area contributed by atoms with Gasteiger partial charge in [0.15, 0.2) is 0 Å². The molecule has 0 aliphatic rings. The lowest BCUT2D eigenvalue weighted by molar-refractivity contribution is -0.384. The highest BCUT2D eigenvalue weighted by Crippen LogP contribution is 2.30. The van der Waals surface area contributed by atoms with E-state index in [9.17, 15) is 23.6 Å². The van der Waals surface area contributed by atoms with Crippen LogP contribution < -0.4 is 5.32 Å². The first kappa shape index (κ1) is 17.3. The van der Waals surface area contributed by atoms with Gasteiger partial charge >= 0.3 is 0 Å². The molecule has 0 fully saturated rings. The number of benzene rings is 1. The quantitative estimate of drug-likeness (QED) is 0.598. The molecule has 1 rings (SSSR count). The van der Waals surface area contributed by atoms with Crippen molar-refractivity contribution in [2.24, 2.45) is 0 Å². The molecule has 0 saturated carbocycles. The zero-order valence-corrected chi connectivity index (χ0v) is 13.1. The molecule has 0 unspecified atom stereocenters. The first-order valence-electron chi connectivity index (χ1n) is 6.14. The van der Waals surface area contributed by atoms with Crippen LogP contribution in [-0.4, -0.2) is 49.0 Å². The van der Waals surface area contributed by atoms with Gasteiger partial charge in [-0.1, -0.05) is 0 Å². The Balaban J connectivity index is 3.37. The summed E-state index contributed by atoms with van der Waals surface area (Å²) in [5.74, 6) is 0. The molecular formula is C12H19N3O5S. The van der Waals surface area contributed by atoms with Crippen molar-refractivity contribution in [3.05, 3.63) is 28.3 Å². The van der Waals surface area contributed by atoms with Crippen molar-refractivity contribution in [1.82, 2.24) is 4.31 Å². The van der Waals surface area contributed by atoms with Gasteiger partial charge in [0.2, 0.25) is 10.0 Å². The van der Waals surface area contributed by atoms with Crippen LogP contribution in [0.5, 0.6) is 0 Å². The Morgan fingerprint density at radius 2 is 2.00 bits per heavy atom. The van der Waals surface area contributed by atoms with Crippen molar-refractivity contribution < 1.29 is 18.4 Å². The lowest BCUT2D eigenvalue weighted by atomic mass is 10.1. The Morgan fingerprint density at radius 1 is 1.43 bits per heavy atom. The molecule has 0 aromatic heterocycles. The average Bonchev–Trinajstić information content (AvgIpc) is 2.45. The fraction of sp³-hybridized carbons (Fsp3) is 0.500. The van der Waals surface area contributed by atoms with Crippen LogP contribution in [0.1, 0.15) is 13.8 Å². The van der Waals surface area contributed by atoms with Gasteiger partial charge in [-0.05, 0) is 26.0 Å². The van der Waals surface area contributed by atoms with Gasteiger partial charge in [0.05, 0.1) is 22.0 Å². The van der Waals surface area contributed by atoms with Gasteiger partial charge in [-0.25, -0.2) is 8.42 Å². The molecule has 0 amide bonds. The number of nitrogens with one attached hydrogen (secondary N) is 1. The molecule has 0 aliphatic carbocycles. The van der Waals surface area contributed by atoms with E-state index in [2.05, 4.69) is 5.32 Å². The number of likely N-dealkylation sites (N-methyl/N-ethyl adjacent to an activating group) is 1. The van der Waals surface area contributed by atoms with Crippen LogP contribution in [-0.2, 0) is 10.0 Å². The van der Waals surface area contributed by atoms with Gasteiger partial charge in [-0.3, -0.25) is 10.1 Å². The number of rotatable bonds is 6. The van der Waals surface area contributed by atoms with Crippen molar-refractivity contribution in [2.75, 3.05) is 26.0 Å². The smallest absolute Gasteiger partial charge is 0.292 e. The van der Waals surface area contributed by atoms with E-state index < -0.39 is 20.5 Å². The maximum absolute atomic E-state index is 12.5. The fourth-order valence-corrected chi connectivity index (χ4v) is 3.15. The molecule has 118 valence electrons. The summed E-state index contributed by atoms with van der Waals surface area (Å²) in [6.07, 6.45) is 0. The summed E-state index contributed by atoms with van der Waals surface area (Å²) in [6.45, 7) is 2.80. The number of anilines is 1. The Bertz CT molecular complexity index is 642. The summed E-state index contributed by atoms with van der Waals surface area (Å²) >= 11 is 0. The van der Waals surface area contributed by atoms with Crippen molar-refractivity contribution in [2.45, 2.75) is 24.3 Å². The molecule has 0 aliphatic heterocycles. The minimum Gasteiger partial charge on any atom is -0.394 e. The summed E-state index contributed by atoms with van der Waals surface area (Å²) in [5, 5.41) is 22.7. The highest BCUT2D eigenvalue weighted by atomic mass is 32.2. The first-order chi connectivity index (χ1) is 9.57. The van der Waals surface area contributed by atoms with Crippen molar-refractivity contribution >= 4 is 21.4 Å². The summed E-state index contributed by atoms with van der Waals surface area (Å²) in [5.41, 5.74) is -1.09. The van der Waals surface area contributed by atoms with Gasteiger partial charge in [-0.15, -0.1) is 0 Å². The molecule has 1 aromatic carbocycles. The van der Waals surface area contributed by atoms with Gasteiger partial charge < -0.3 is 10.4 Å². The summed E-state index contributed by atoms with van der Waals surface area (Å²) < 4.78 is 26.1. The predicted molar refractivity (Wildman–Crippen MR) is 78.8 cm³/mol. The number of hydrogen-bond donors (Lipinski definition) is 2. The van der Waals surface area contributed by atoms with Crippen molar-refractivity contribution in [1.29, 1.82) is 0 Å². The number of aliphatic hydroxyl groups excluding tert-OH is 1. The van der Waals surface area contributed by atoms with Crippen molar-refractivity contribution in [3.63, 3.8) is 0 Å². The molecule has 2 N–H and O–H groups in total. The Morgan fingerprint density at radius 3 is 2.43 bits per heavy atom. The van der Waals surface area contributed by atoms with Gasteiger partial charge in [0, 0.05) is 20.2 Å². The van der Waals surface area contributed by atoms with Gasteiger partial charge in [0.1, 0.15) is 5.69 Å². The van der Waals surface area contributed by atoms with Crippen LogP contribution in [0.2, 0.25) is 0 Å². The molecule has 0 atom stereocenters. The molecule has 0 radical (unpaired) electrons. The molecule has 0 bridgehead atoms. The van der Waals surface area contributed by atoms with Crippen LogP contribution in [0.4, 0.5) is 11.4 Å². The number of nitro groups is 1. The minimum absolute atomic E-state index is 0.0820. The van der Waals surface area contributed by atoms with E-state index in [-0.39, 0.29) is 22.9 Å². The van der Waals surface area contributed by atoms with E-state index in [1.807, 2.05) is 0 Å². The lowest BCUT2D eigenvalue weighted by Gasteiger charge is -2.32. The summed E-state index contributed by atoms with van der Waals surface area (Å²) in [7, 11) is -1.05. The summed E-state index contributed by atoms with van der Waals surface area (Å²) in [6, 6.07) is 3.52. The average molecular weight is 317 g/mol. The lowest BCUT2D eigenvalue weighted by Crippen LogP contribution is -2.47. The largest absolute Gasteiger partial charge is 0.394 e. The zero-order valence-electron chi connectivity index (χ0n) is 12.3. The van der Waals surface area contributed by atoms with Crippen LogP contribution in [0.25, 0.3) is 0 Å². The monoisotopic (exact) mass is 317 g/mol. The van der Waals surface area contributed by atoms with E-state index in [0.717, 1.165) is 10.4 Å². The van der Waals surface area contributed by atoms with Gasteiger partial charge in [-0.2, -0.15) is 4.31 Å². The maximum atomic E-state index is 12.5. The van der Waals surface area contributed by atoms with E-state index in [0.29, 0.717) is 0 Å². The third-order valence-corrected chi connectivity index (χ3v) is 5.40. The van der Waals surface area contributed by atoms with E-state index in [1.165, 1.54) is 26.2 Å². The Kier molecular flexibility index (Phi) is 4.92. The third kappa shape index (κ3) is 3.31. The van der Waals surface area contributed by atoms with Crippen LogP contribution in [0.3, 0.4) is 0 Å². The molecule has 21 heavy (non-hydrogen) atoms. The normalized spacial score (nSPS) is 12.5. The number of sulfonamides is 1. The molecule has 0 spiro atoms. The number of hydrogen-bond acceptors (Lipinski definition) is 6. The standard InChI is InChI=1S/C12H19N3O5S/c1-12(2,8-16)14(4)21(19,20)9-5-6-11(15(17)18)10(7-9)13-3/h5-7,13,16H,8H2,1-4H3. The fourth-order valence-electron chi connectivity index (χ4n) is 1.62. The second-order valence-corrected chi connectivity index (χ2v) is 7.10. The van der Waals surface area contributed by atoms with Crippen LogP contribution in [0, 0.1) is 10.1 Å². The molecule has 1 aromatic rings. The van der Waals surface area contributed by atoms with Gasteiger partial charge in [0.25, 0.3) is 5.69 Å². The van der Waals surface area contributed by atoms with Crippen LogP contribution >= 0.6 is 0 Å². The minimum atomic E-state index is -3.87. The molecular weight excluding hydrogens is 298 g/mol. The molecule has 0 heterocycles. The Labute approximate surface area is 123 Å². The molecule has 9 heteroatoms. The SMILES string of the molecule is CNc1cc(S(=O)(=O)N(C)C(C)(C)CO)ccc1[N+](=O)[O-]. The Hall–Kier alpha value is -1.71. The number of nitrogens with zero attached hydrogens (tertiary/aromatic N) is 2. The van der Waals surface area contributed by atoms with E-state index >= 15 is 0 Å². The van der Waals surface area contributed by atoms with Crippen LogP contribution in [0.15, 0.2) is 23.1 Å². The van der Waals surface area contributed by atoms with E-state index in [1.54, 1.807) is 13.8 Å². The van der Waals surface area contributed by atoms with Crippen molar-refractivity contribution in [3.8, 4) is 0 Å². The number of aliphatic hydroxyl groups is 1. The molecule has 0 saturated heterocycles. The second-order valence-electron chi connectivity index (χ2n) is 5.13. The predicted octanol–water partition coefficient (Wildman–Crippen LogP) is 1.03.